The number of carbonyl (C=O) groups excluding carboxylic acids is 5. The van der Waals surface area contributed by atoms with Crippen molar-refractivity contribution in [2.45, 2.75) is 37.9 Å². The van der Waals surface area contributed by atoms with Crippen LogP contribution >= 0.6 is 0 Å². The van der Waals surface area contributed by atoms with Crippen molar-refractivity contribution in [3.63, 3.8) is 0 Å². The number of carbonyl (C=O) groups is 5. The number of nitrogens with zero attached hydrogens (tertiary/aromatic N) is 2. The van der Waals surface area contributed by atoms with Crippen molar-refractivity contribution >= 4 is 29.7 Å². The van der Waals surface area contributed by atoms with Crippen molar-refractivity contribution < 1.29 is 43.9 Å². The van der Waals surface area contributed by atoms with Gasteiger partial charge in [-0.2, -0.15) is 5.06 Å². The number of imide groups is 1. The molecular weight excluding hydrogens is 316 g/mol. The first-order valence-corrected chi connectivity index (χ1v) is 6.77. The lowest BCUT2D eigenvalue weighted by atomic mass is 10.2. The minimum Gasteiger partial charge on any atom is -0.379 e. The molecule has 0 aromatic carbocycles. The molecule has 0 aromatic heterocycles. The molecule has 2 N–H and O–H groups in total. The second-order valence-electron chi connectivity index (χ2n) is 4.89. The van der Waals surface area contributed by atoms with E-state index in [1.807, 2.05) is 0 Å². The molecule has 0 aliphatic carbocycles. The Bertz CT molecular complexity index is 545. The number of hydroxylamine groups is 4. The maximum Gasteiger partial charge on any atom is 0.364 e. The van der Waals surface area contributed by atoms with Gasteiger partial charge in [0.05, 0.1) is 6.54 Å². The number of hydrogen-bond donors (Lipinski definition) is 2. The fraction of sp³-hybridized carbons (Fsp3) is 0.583. The van der Waals surface area contributed by atoms with Crippen LogP contribution < -0.4 is 0 Å². The zero-order valence-corrected chi connectivity index (χ0v) is 11.8. The van der Waals surface area contributed by atoms with Gasteiger partial charge in [0.2, 0.25) is 0 Å². The van der Waals surface area contributed by atoms with Crippen LogP contribution in [0.3, 0.4) is 0 Å². The van der Waals surface area contributed by atoms with Crippen LogP contribution in [0.5, 0.6) is 0 Å². The van der Waals surface area contributed by atoms with E-state index in [1.165, 1.54) is 0 Å². The summed E-state index contributed by atoms with van der Waals surface area (Å²) in [5, 5.41) is 20.0. The first kappa shape index (κ1) is 16.8. The maximum atomic E-state index is 11.6. The number of amides is 3. The van der Waals surface area contributed by atoms with Crippen molar-refractivity contribution in [3.05, 3.63) is 0 Å². The molecule has 3 amide bonds. The summed E-state index contributed by atoms with van der Waals surface area (Å²) in [7, 11) is 0. The number of aliphatic hydroxyl groups excluding tert-OH is 2. The first-order valence-electron chi connectivity index (χ1n) is 6.77. The summed E-state index contributed by atoms with van der Waals surface area (Å²) < 4.78 is 0. The molecule has 0 spiro atoms. The molecule has 2 saturated heterocycles. The van der Waals surface area contributed by atoms with Gasteiger partial charge in [-0.15, -0.1) is 5.06 Å². The Morgan fingerprint density at radius 3 is 1.87 bits per heavy atom. The molecule has 0 saturated carbocycles. The molecule has 0 aromatic rings. The van der Waals surface area contributed by atoms with E-state index in [2.05, 4.69) is 9.68 Å². The van der Waals surface area contributed by atoms with Gasteiger partial charge in [0.25, 0.3) is 17.7 Å². The third-order valence-electron chi connectivity index (χ3n) is 3.20. The van der Waals surface area contributed by atoms with E-state index in [1.54, 1.807) is 0 Å². The van der Waals surface area contributed by atoms with Crippen molar-refractivity contribution in [2.24, 2.45) is 0 Å². The summed E-state index contributed by atoms with van der Waals surface area (Å²) in [5.41, 5.74) is 0. The average molecular weight is 330 g/mol. The molecular formula is C12H14N2O9. The fourth-order valence-electron chi connectivity index (χ4n) is 1.94. The zero-order valence-electron chi connectivity index (χ0n) is 11.8. The Kier molecular flexibility index (Phi) is 4.91. The Balaban J connectivity index is 1.90. The van der Waals surface area contributed by atoms with Crippen LogP contribution in [0.2, 0.25) is 0 Å². The smallest absolute Gasteiger partial charge is 0.364 e. The van der Waals surface area contributed by atoms with E-state index in [9.17, 15) is 34.2 Å². The van der Waals surface area contributed by atoms with Gasteiger partial charge in [0.15, 0.2) is 12.2 Å². The van der Waals surface area contributed by atoms with Crippen LogP contribution in [-0.2, 0) is 33.6 Å². The number of hydrogen-bond acceptors (Lipinski definition) is 9. The molecule has 2 aliphatic heterocycles. The second-order valence-corrected chi connectivity index (χ2v) is 4.89. The topological polar surface area (TPSA) is 151 Å². The van der Waals surface area contributed by atoms with Crippen molar-refractivity contribution in [1.29, 1.82) is 0 Å². The van der Waals surface area contributed by atoms with Crippen LogP contribution in [0, 0.1) is 0 Å². The van der Waals surface area contributed by atoms with Crippen LogP contribution in [0.1, 0.15) is 25.7 Å². The third kappa shape index (κ3) is 3.63. The van der Waals surface area contributed by atoms with E-state index < -0.39 is 41.9 Å². The lowest BCUT2D eigenvalue weighted by Gasteiger charge is -2.20. The summed E-state index contributed by atoms with van der Waals surface area (Å²) in [4.78, 5) is 65.8. The number of rotatable bonds is 5. The lowest BCUT2D eigenvalue weighted by Crippen LogP contribution is -2.46. The molecule has 2 aliphatic rings. The number of aliphatic hydroxyl groups is 2. The molecule has 2 unspecified atom stereocenters. The Morgan fingerprint density at radius 2 is 1.39 bits per heavy atom. The van der Waals surface area contributed by atoms with E-state index in [4.69, 9.17) is 0 Å². The largest absolute Gasteiger partial charge is 0.379 e. The Hall–Kier alpha value is -2.53. The molecule has 0 bridgehead atoms. The second kappa shape index (κ2) is 6.71. The average Bonchev–Trinajstić information content (AvgIpc) is 3.05. The van der Waals surface area contributed by atoms with Gasteiger partial charge < -0.3 is 19.9 Å². The van der Waals surface area contributed by atoms with Crippen LogP contribution in [-0.4, -0.2) is 68.8 Å². The predicted molar refractivity (Wildman–Crippen MR) is 66.2 cm³/mol. The molecule has 2 atom stereocenters. The standard InChI is InChI=1S/C12H14N2O9/c15-6-2-1-5-13(6)22-11(20)9(18)10(19)12(21)23-14-7(16)3-4-8(14)17/h9-10,18-19H,1-5H2. The lowest BCUT2D eigenvalue weighted by molar-refractivity contribution is -0.215. The molecule has 126 valence electrons. The molecule has 23 heavy (non-hydrogen) atoms. The van der Waals surface area contributed by atoms with Crippen LogP contribution in [0.15, 0.2) is 0 Å². The van der Waals surface area contributed by atoms with Gasteiger partial charge >= 0.3 is 11.9 Å². The highest BCUT2D eigenvalue weighted by molar-refractivity contribution is 6.02. The quantitative estimate of drug-likeness (QED) is 0.517. The van der Waals surface area contributed by atoms with E-state index in [0.717, 1.165) is 0 Å². The van der Waals surface area contributed by atoms with Crippen molar-refractivity contribution in [3.8, 4) is 0 Å². The first-order chi connectivity index (χ1) is 10.8. The highest BCUT2D eigenvalue weighted by Crippen LogP contribution is 2.14. The Morgan fingerprint density at radius 1 is 0.870 bits per heavy atom. The molecule has 11 heteroatoms. The maximum absolute atomic E-state index is 11.6. The third-order valence-corrected chi connectivity index (χ3v) is 3.20. The molecule has 11 nitrogen and oxygen atoms in total. The summed E-state index contributed by atoms with van der Waals surface area (Å²) in [6.45, 7) is 0.134. The SMILES string of the molecule is O=C(ON1CCCC1=O)C(O)C(O)C(=O)ON1C(=O)CCC1=O. The normalized spacial score (nSPS) is 20.7. The molecule has 0 radical (unpaired) electrons. The van der Waals surface area contributed by atoms with Gasteiger partial charge in [-0.1, -0.05) is 0 Å². The van der Waals surface area contributed by atoms with Gasteiger partial charge in [-0.3, -0.25) is 14.4 Å². The van der Waals surface area contributed by atoms with Crippen molar-refractivity contribution in [1.82, 2.24) is 10.1 Å². The predicted octanol–water partition coefficient (Wildman–Crippen LogP) is -2.60. The molecule has 2 rings (SSSR count). The van der Waals surface area contributed by atoms with Crippen LogP contribution in [0.25, 0.3) is 0 Å². The zero-order chi connectivity index (χ0) is 17.1. The monoisotopic (exact) mass is 330 g/mol. The Labute approximate surface area is 129 Å². The van der Waals surface area contributed by atoms with Gasteiger partial charge in [-0.25, -0.2) is 9.59 Å². The minimum absolute atomic E-state index is 0.134. The van der Waals surface area contributed by atoms with E-state index in [0.29, 0.717) is 11.5 Å². The van der Waals surface area contributed by atoms with Gasteiger partial charge in [0, 0.05) is 19.3 Å². The molecule has 2 fully saturated rings. The summed E-state index contributed by atoms with van der Waals surface area (Å²) in [6.07, 6.45) is -4.39. The van der Waals surface area contributed by atoms with Gasteiger partial charge in [-0.05, 0) is 6.42 Å². The summed E-state index contributed by atoms with van der Waals surface area (Å²) >= 11 is 0. The highest BCUT2D eigenvalue weighted by atomic mass is 16.7. The minimum atomic E-state index is -2.39. The van der Waals surface area contributed by atoms with E-state index in [-0.39, 0.29) is 30.9 Å². The van der Waals surface area contributed by atoms with Crippen LogP contribution in [0.4, 0.5) is 0 Å². The molecule has 2 heterocycles. The summed E-state index contributed by atoms with van der Waals surface area (Å²) in [5.74, 6) is -5.06. The fourth-order valence-corrected chi connectivity index (χ4v) is 1.94. The van der Waals surface area contributed by atoms with Gasteiger partial charge in [0.1, 0.15) is 0 Å². The van der Waals surface area contributed by atoms with E-state index >= 15 is 0 Å². The highest BCUT2D eigenvalue weighted by Gasteiger charge is 2.40. The van der Waals surface area contributed by atoms with Crippen molar-refractivity contribution in [2.75, 3.05) is 6.54 Å². The summed E-state index contributed by atoms with van der Waals surface area (Å²) in [6, 6.07) is 0.